The molecule has 0 aliphatic heterocycles. The maximum atomic E-state index is 12.5. The highest BCUT2D eigenvalue weighted by Gasteiger charge is 2.17. The van der Waals surface area contributed by atoms with E-state index in [9.17, 15) is 13.6 Å². The van der Waals surface area contributed by atoms with Crippen LogP contribution in [0.3, 0.4) is 0 Å². The Balaban J connectivity index is 1.75. The van der Waals surface area contributed by atoms with Crippen LogP contribution in [0, 0.1) is 11.3 Å². The van der Waals surface area contributed by atoms with Gasteiger partial charge in [-0.1, -0.05) is 23.4 Å². The molecule has 0 fully saturated rings. The molecule has 0 spiro atoms. The summed E-state index contributed by atoms with van der Waals surface area (Å²) in [5, 5.41) is 15.0. The number of nitriles is 1. The molecule has 2 aromatic carbocycles. The zero-order valence-electron chi connectivity index (χ0n) is 12.6. The number of anilines is 1. The molecule has 1 heterocycles. The number of benzene rings is 2. The first kappa shape index (κ1) is 16.3. The van der Waals surface area contributed by atoms with Crippen LogP contribution in [0.15, 0.2) is 53.1 Å². The van der Waals surface area contributed by atoms with Crippen LogP contribution in [0.2, 0.25) is 0 Å². The van der Waals surface area contributed by atoms with Gasteiger partial charge in [0.15, 0.2) is 0 Å². The van der Waals surface area contributed by atoms with Crippen molar-refractivity contribution in [1.82, 2.24) is 10.1 Å². The predicted molar refractivity (Wildman–Crippen MR) is 83.8 cm³/mol. The van der Waals surface area contributed by atoms with Crippen molar-refractivity contribution in [3.05, 3.63) is 65.5 Å². The number of nitrogens with zero attached hydrogens (tertiary/aromatic N) is 3. The van der Waals surface area contributed by atoms with Crippen molar-refractivity contribution in [3.63, 3.8) is 0 Å². The van der Waals surface area contributed by atoms with E-state index in [0.717, 1.165) is 0 Å². The number of halogens is 2. The summed E-state index contributed by atoms with van der Waals surface area (Å²) in [5.41, 5.74) is 1.72. The Hall–Kier alpha value is -3.60. The normalized spacial score (nSPS) is 10.5. The molecule has 0 radical (unpaired) electrons. The number of carbonyl (C=O) groups is 1. The molecule has 8 heteroatoms. The van der Waals surface area contributed by atoms with Gasteiger partial charge in [0.25, 0.3) is 11.8 Å². The van der Waals surface area contributed by atoms with Gasteiger partial charge < -0.3 is 9.84 Å². The van der Waals surface area contributed by atoms with Crippen LogP contribution in [0.1, 0.15) is 28.2 Å². The molecular formula is C17H10F2N4O2. The molecule has 1 amide bonds. The largest absolute Gasteiger partial charge is 0.333 e. The third-order valence-corrected chi connectivity index (χ3v) is 3.28. The molecule has 0 saturated carbocycles. The Morgan fingerprint density at radius 3 is 2.60 bits per heavy atom. The lowest BCUT2D eigenvalue weighted by Crippen LogP contribution is -2.11. The van der Waals surface area contributed by atoms with Gasteiger partial charge in [0, 0.05) is 16.8 Å². The van der Waals surface area contributed by atoms with Crippen LogP contribution in [-0.2, 0) is 0 Å². The molecule has 3 aromatic rings. The maximum Gasteiger partial charge on any atom is 0.315 e. The first-order valence-electron chi connectivity index (χ1n) is 7.10. The van der Waals surface area contributed by atoms with E-state index in [2.05, 4.69) is 20.0 Å². The molecule has 124 valence electrons. The Kier molecular flexibility index (Phi) is 4.48. The zero-order chi connectivity index (χ0) is 17.8. The number of hydrogen-bond donors (Lipinski definition) is 1. The van der Waals surface area contributed by atoms with Crippen molar-refractivity contribution in [2.45, 2.75) is 6.43 Å². The van der Waals surface area contributed by atoms with E-state index >= 15 is 0 Å². The quantitative estimate of drug-likeness (QED) is 0.780. The van der Waals surface area contributed by atoms with E-state index in [0.29, 0.717) is 22.4 Å². The SMILES string of the molecule is N#Cc1cccc(NC(=O)c2ccc(-c3noc(C(F)F)n3)cc2)c1. The van der Waals surface area contributed by atoms with Gasteiger partial charge in [-0.15, -0.1) is 0 Å². The van der Waals surface area contributed by atoms with Gasteiger partial charge in [0.2, 0.25) is 5.82 Å². The van der Waals surface area contributed by atoms with Crippen LogP contribution in [0.4, 0.5) is 14.5 Å². The number of carbonyl (C=O) groups excluding carboxylic acids is 1. The molecule has 0 atom stereocenters. The molecule has 25 heavy (non-hydrogen) atoms. The number of nitrogens with one attached hydrogen (secondary N) is 1. The average molecular weight is 340 g/mol. The van der Waals surface area contributed by atoms with Crippen LogP contribution in [-0.4, -0.2) is 16.0 Å². The summed E-state index contributed by atoms with van der Waals surface area (Å²) in [6, 6.07) is 14.6. The lowest BCUT2D eigenvalue weighted by atomic mass is 10.1. The van der Waals surface area contributed by atoms with Gasteiger partial charge in [0.05, 0.1) is 11.6 Å². The summed E-state index contributed by atoms with van der Waals surface area (Å²) in [4.78, 5) is 15.8. The Morgan fingerprint density at radius 2 is 1.96 bits per heavy atom. The first-order chi connectivity index (χ1) is 12.1. The molecule has 0 saturated heterocycles. The third-order valence-electron chi connectivity index (χ3n) is 3.28. The van der Waals surface area contributed by atoms with E-state index in [1.54, 1.807) is 24.3 Å². The summed E-state index contributed by atoms with van der Waals surface area (Å²) in [6.07, 6.45) is -2.84. The highest BCUT2D eigenvalue weighted by molar-refractivity contribution is 6.04. The fraction of sp³-hybridized carbons (Fsp3) is 0.0588. The summed E-state index contributed by atoms with van der Waals surface area (Å²) < 4.78 is 29.4. The summed E-state index contributed by atoms with van der Waals surface area (Å²) in [5.74, 6) is -1.11. The van der Waals surface area contributed by atoms with E-state index in [1.165, 1.54) is 24.3 Å². The van der Waals surface area contributed by atoms with E-state index in [-0.39, 0.29) is 11.7 Å². The number of aromatic nitrogens is 2. The Morgan fingerprint density at radius 1 is 1.20 bits per heavy atom. The Labute approximate surface area is 140 Å². The average Bonchev–Trinajstić information content (AvgIpc) is 3.12. The second-order valence-corrected chi connectivity index (χ2v) is 4.98. The highest BCUT2D eigenvalue weighted by atomic mass is 19.3. The van der Waals surface area contributed by atoms with E-state index in [1.807, 2.05) is 6.07 Å². The smallest absolute Gasteiger partial charge is 0.315 e. The minimum absolute atomic E-state index is 0.0176. The first-order valence-corrected chi connectivity index (χ1v) is 7.10. The van der Waals surface area contributed by atoms with Crippen LogP contribution in [0.25, 0.3) is 11.4 Å². The fourth-order valence-electron chi connectivity index (χ4n) is 2.08. The molecular weight excluding hydrogens is 330 g/mol. The second-order valence-electron chi connectivity index (χ2n) is 4.98. The summed E-state index contributed by atoms with van der Waals surface area (Å²) in [7, 11) is 0. The van der Waals surface area contributed by atoms with Crippen molar-refractivity contribution in [1.29, 1.82) is 5.26 Å². The highest BCUT2D eigenvalue weighted by Crippen LogP contribution is 2.22. The van der Waals surface area contributed by atoms with Crippen molar-refractivity contribution in [2.24, 2.45) is 0 Å². The minimum Gasteiger partial charge on any atom is -0.333 e. The Bertz CT molecular complexity index is 946. The summed E-state index contributed by atoms with van der Waals surface area (Å²) in [6.45, 7) is 0. The third kappa shape index (κ3) is 3.67. The molecule has 1 N–H and O–H groups in total. The van der Waals surface area contributed by atoms with Gasteiger partial charge in [-0.3, -0.25) is 4.79 Å². The van der Waals surface area contributed by atoms with Crippen molar-refractivity contribution in [3.8, 4) is 17.5 Å². The van der Waals surface area contributed by atoms with Crippen LogP contribution >= 0.6 is 0 Å². The standard InChI is InChI=1S/C17H10F2N4O2/c18-14(19)17-22-15(23-25-17)11-4-6-12(7-5-11)16(24)21-13-3-1-2-10(8-13)9-20/h1-8,14H,(H,21,24). The topological polar surface area (TPSA) is 91.8 Å². The van der Waals surface area contributed by atoms with Crippen molar-refractivity contribution >= 4 is 11.6 Å². The van der Waals surface area contributed by atoms with Gasteiger partial charge in [0.1, 0.15) is 0 Å². The summed E-state index contributed by atoms with van der Waals surface area (Å²) >= 11 is 0. The molecule has 1 aromatic heterocycles. The monoisotopic (exact) mass is 340 g/mol. The van der Waals surface area contributed by atoms with E-state index < -0.39 is 12.3 Å². The van der Waals surface area contributed by atoms with E-state index in [4.69, 9.17) is 5.26 Å². The van der Waals surface area contributed by atoms with Gasteiger partial charge in [-0.25, -0.2) is 0 Å². The lowest BCUT2D eigenvalue weighted by Gasteiger charge is -2.05. The molecule has 0 aliphatic rings. The van der Waals surface area contributed by atoms with Crippen molar-refractivity contribution in [2.75, 3.05) is 5.32 Å². The number of amides is 1. The second kappa shape index (κ2) is 6.88. The van der Waals surface area contributed by atoms with Crippen molar-refractivity contribution < 1.29 is 18.1 Å². The zero-order valence-corrected chi connectivity index (χ0v) is 12.6. The van der Waals surface area contributed by atoms with Crippen LogP contribution < -0.4 is 5.32 Å². The van der Waals surface area contributed by atoms with Gasteiger partial charge in [-0.05, 0) is 30.3 Å². The lowest BCUT2D eigenvalue weighted by molar-refractivity contribution is 0.102. The molecule has 3 rings (SSSR count). The predicted octanol–water partition coefficient (Wildman–Crippen LogP) is 3.80. The molecule has 6 nitrogen and oxygen atoms in total. The van der Waals surface area contributed by atoms with Gasteiger partial charge >= 0.3 is 6.43 Å². The van der Waals surface area contributed by atoms with Crippen LogP contribution in [0.5, 0.6) is 0 Å². The maximum absolute atomic E-state index is 12.5. The number of rotatable bonds is 4. The van der Waals surface area contributed by atoms with Gasteiger partial charge in [-0.2, -0.15) is 19.0 Å². The number of hydrogen-bond acceptors (Lipinski definition) is 5. The molecule has 0 aliphatic carbocycles. The minimum atomic E-state index is -2.84. The molecule has 0 bridgehead atoms. The fourth-order valence-corrected chi connectivity index (χ4v) is 2.08. The number of alkyl halides is 2. The molecule has 0 unspecified atom stereocenters.